The van der Waals surface area contributed by atoms with E-state index in [0.717, 1.165) is 41.7 Å². The van der Waals surface area contributed by atoms with E-state index in [1.54, 1.807) is 0 Å². The standard InChI is InChI=1S/C20H21N5/c1-20(2,3)19-21-11-15-12-25(13-17(15)22-19)18-10-9-16(23-24-18)14-7-5-4-6-8-14/h4-11H,12-13H2,1-3H3. The number of nitrogens with zero attached hydrogens (tertiary/aromatic N) is 5. The van der Waals surface area contributed by atoms with Gasteiger partial charge in [0.05, 0.1) is 17.9 Å². The van der Waals surface area contributed by atoms with E-state index in [0.29, 0.717) is 0 Å². The van der Waals surface area contributed by atoms with Crippen LogP contribution < -0.4 is 4.90 Å². The summed E-state index contributed by atoms with van der Waals surface area (Å²) in [7, 11) is 0. The normalized spacial score (nSPS) is 13.8. The maximum Gasteiger partial charge on any atom is 0.151 e. The molecule has 4 rings (SSSR count). The maximum atomic E-state index is 4.76. The predicted octanol–water partition coefficient (Wildman–Crippen LogP) is 3.75. The summed E-state index contributed by atoms with van der Waals surface area (Å²) in [5, 5.41) is 8.80. The Labute approximate surface area is 147 Å². The van der Waals surface area contributed by atoms with Crippen molar-refractivity contribution in [3.05, 3.63) is 65.7 Å². The van der Waals surface area contributed by atoms with Gasteiger partial charge < -0.3 is 4.90 Å². The van der Waals surface area contributed by atoms with Crippen molar-refractivity contribution < 1.29 is 0 Å². The molecule has 0 atom stereocenters. The van der Waals surface area contributed by atoms with Gasteiger partial charge in [-0.15, -0.1) is 10.2 Å². The Morgan fingerprint density at radius 2 is 1.72 bits per heavy atom. The predicted molar refractivity (Wildman–Crippen MR) is 98.1 cm³/mol. The molecule has 0 spiro atoms. The topological polar surface area (TPSA) is 54.8 Å². The zero-order valence-electron chi connectivity index (χ0n) is 14.8. The first-order chi connectivity index (χ1) is 12.0. The second-order valence-electron chi connectivity index (χ2n) is 7.41. The molecule has 0 N–H and O–H groups in total. The molecule has 5 heteroatoms. The van der Waals surface area contributed by atoms with Crippen LogP contribution in [0.4, 0.5) is 5.82 Å². The van der Waals surface area contributed by atoms with Crippen LogP contribution in [0.5, 0.6) is 0 Å². The van der Waals surface area contributed by atoms with Gasteiger partial charge in [0.1, 0.15) is 5.82 Å². The number of fused-ring (bicyclic) bond motifs is 1. The summed E-state index contributed by atoms with van der Waals surface area (Å²) >= 11 is 0. The summed E-state index contributed by atoms with van der Waals surface area (Å²) in [6.07, 6.45) is 1.95. The molecule has 1 aliphatic heterocycles. The van der Waals surface area contributed by atoms with Gasteiger partial charge in [0, 0.05) is 29.3 Å². The molecule has 0 radical (unpaired) electrons. The van der Waals surface area contributed by atoms with Crippen LogP contribution in [-0.2, 0) is 18.5 Å². The van der Waals surface area contributed by atoms with E-state index in [1.165, 1.54) is 5.56 Å². The maximum absolute atomic E-state index is 4.76. The third-order valence-electron chi connectivity index (χ3n) is 4.37. The van der Waals surface area contributed by atoms with Crippen LogP contribution >= 0.6 is 0 Å². The fourth-order valence-electron chi connectivity index (χ4n) is 2.93. The lowest BCUT2D eigenvalue weighted by atomic mass is 9.95. The van der Waals surface area contributed by atoms with E-state index in [1.807, 2.05) is 48.7 Å². The first-order valence-corrected chi connectivity index (χ1v) is 8.50. The monoisotopic (exact) mass is 331 g/mol. The Morgan fingerprint density at radius 3 is 2.40 bits per heavy atom. The van der Waals surface area contributed by atoms with Crippen molar-refractivity contribution in [1.29, 1.82) is 0 Å². The molecule has 0 saturated heterocycles. The van der Waals surface area contributed by atoms with Crippen molar-refractivity contribution in [2.24, 2.45) is 0 Å². The Hall–Kier alpha value is -2.82. The number of aromatic nitrogens is 4. The van der Waals surface area contributed by atoms with E-state index in [4.69, 9.17) is 4.98 Å². The second-order valence-corrected chi connectivity index (χ2v) is 7.41. The van der Waals surface area contributed by atoms with Gasteiger partial charge in [0.2, 0.25) is 0 Å². The van der Waals surface area contributed by atoms with Crippen molar-refractivity contribution in [1.82, 2.24) is 20.2 Å². The van der Waals surface area contributed by atoms with Gasteiger partial charge in [-0.3, -0.25) is 0 Å². The van der Waals surface area contributed by atoms with Gasteiger partial charge in [-0.1, -0.05) is 51.1 Å². The summed E-state index contributed by atoms with van der Waals surface area (Å²) in [6.45, 7) is 7.93. The van der Waals surface area contributed by atoms with Crippen LogP contribution in [0.1, 0.15) is 37.9 Å². The Kier molecular flexibility index (Phi) is 3.71. The molecule has 2 aromatic heterocycles. The first-order valence-electron chi connectivity index (χ1n) is 8.50. The molecule has 3 heterocycles. The number of hydrogen-bond acceptors (Lipinski definition) is 5. The highest BCUT2D eigenvalue weighted by Gasteiger charge is 2.25. The van der Waals surface area contributed by atoms with Gasteiger partial charge in [-0.05, 0) is 12.1 Å². The zero-order chi connectivity index (χ0) is 17.4. The Morgan fingerprint density at radius 1 is 0.920 bits per heavy atom. The highest BCUT2D eigenvalue weighted by atomic mass is 15.3. The largest absolute Gasteiger partial charge is 0.345 e. The third kappa shape index (κ3) is 3.09. The summed E-state index contributed by atoms with van der Waals surface area (Å²) in [4.78, 5) is 11.5. The molecule has 0 bridgehead atoms. The van der Waals surface area contributed by atoms with Crippen LogP contribution in [0.25, 0.3) is 11.3 Å². The van der Waals surface area contributed by atoms with E-state index < -0.39 is 0 Å². The van der Waals surface area contributed by atoms with E-state index in [2.05, 4.69) is 40.9 Å². The molecule has 0 unspecified atom stereocenters. The van der Waals surface area contributed by atoms with Crippen molar-refractivity contribution in [2.75, 3.05) is 4.90 Å². The van der Waals surface area contributed by atoms with Crippen molar-refractivity contribution in [3.8, 4) is 11.3 Å². The minimum atomic E-state index is -0.0421. The van der Waals surface area contributed by atoms with E-state index in [9.17, 15) is 0 Å². The molecule has 3 aromatic rings. The molecule has 1 aliphatic rings. The number of rotatable bonds is 2. The van der Waals surface area contributed by atoms with Gasteiger partial charge in [0.15, 0.2) is 5.82 Å². The van der Waals surface area contributed by atoms with E-state index >= 15 is 0 Å². The van der Waals surface area contributed by atoms with Crippen LogP contribution in [0, 0.1) is 0 Å². The van der Waals surface area contributed by atoms with E-state index in [-0.39, 0.29) is 5.41 Å². The van der Waals surface area contributed by atoms with Gasteiger partial charge in [-0.2, -0.15) is 0 Å². The molecule has 1 aromatic carbocycles. The van der Waals surface area contributed by atoms with Crippen LogP contribution in [0.15, 0.2) is 48.7 Å². The summed E-state index contributed by atoms with van der Waals surface area (Å²) in [5.74, 6) is 1.76. The lowest BCUT2D eigenvalue weighted by Crippen LogP contribution is -2.18. The average Bonchev–Trinajstić information content (AvgIpc) is 3.05. The molecular weight excluding hydrogens is 310 g/mol. The SMILES string of the molecule is CC(C)(C)c1ncc2c(n1)CN(c1ccc(-c3ccccc3)nn1)C2. The average molecular weight is 331 g/mol. The van der Waals surface area contributed by atoms with Crippen LogP contribution in [0.3, 0.4) is 0 Å². The lowest BCUT2D eigenvalue weighted by molar-refractivity contribution is 0.541. The van der Waals surface area contributed by atoms with Crippen LogP contribution in [-0.4, -0.2) is 20.2 Å². The highest BCUT2D eigenvalue weighted by molar-refractivity contribution is 5.59. The van der Waals surface area contributed by atoms with Crippen molar-refractivity contribution in [2.45, 2.75) is 39.3 Å². The molecular formula is C20H21N5. The van der Waals surface area contributed by atoms with Crippen LogP contribution in [0.2, 0.25) is 0 Å². The number of anilines is 1. The quantitative estimate of drug-likeness (QED) is 0.716. The highest BCUT2D eigenvalue weighted by Crippen LogP contribution is 2.28. The fourth-order valence-corrected chi connectivity index (χ4v) is 2.93. The molecule has 0 saturated carbocycles. The Bertz CT molecular complexity index is 882. The van der Waals surface area contributed by atoms with Gasteiger partial charge in [0.25, 0.3) is 0 Å². The minimum Gasteiger partial charge on any atom is -0.345 e. The fraction of sp³-hybridized carbons (Fsp3) is 0.300. The van der Waals surface area contributed by atoms with Crippen molar-refractivity contribution in [3.63, 3.8) is 0 Å². The summed E-state index contributed by atoms with van der Waals surface area (Å²) < 4.78 is 0. The second kappa shape index (κ2) is 5.92. The summed E-state index contributed by atoms with van der Waals surface area (Å²) in [5.41, 5.74) is 4.18. The van der Waals surface area contributed by atoms with Gasteiger partial charge in [-0.25, -0.2) is 9.97 Å². The zero-order valence-corrected chi connectivity index (χ0v) is 14.8. The number of benzene rings is 1. The molecule has 0 aliphatic carbocycles. The smallest absolute Gasteiger partial charge is 0.151 e. The van der Waals surface area contributed by atoms with Crippen molar-refractivity contribution >= 4 is 5.82 Å². The molecule has 5 nitrogen and oxygen atoms in total. The third-order valence-corrected chi connectivity index (χ3v) is 4.37. The van der Waals surface area contributed by atoms with Gasteiger partial charge >= 0.3 is 0 Å². The lowest BCUT2D eigenvalue weighted by Gasteiger charge is -2.16. The first kappa shape index (κ1) is 15.7. The molecule has 126 valence electrons. The minimum absolute atomic E-state index is 0.0421. The Balaban J connectivity index is 1.56. The molecule has 0 fully saturated rings. The number of hydrogen-bond donors (Lipinski definition) is 0. The molecule has 0 amide bonds. The summed E-state index contributed by atoms with van der Waals surface area (Å²) in [6, 6.07) is 14.1. The molecule has 25 heavy (non-hydrogen) atoms.